The normalized spacial score (nSPS) is 14.7. The minimum absolute atomic E-state index is 0.380. The van der Waals surface area contributed by atoms with Crippen molar-refractivity contribution in [1.29, 1.82) is 0 Å². The average Bonchev–Trinajstić information content (AvgIpc) is 2.58. The highest BCUT2D eigenvalue weighted by Crippen LogP contribution is 2.26. The third kappa shape index (κ3) is 2.77. The first-order chi connectivity index (χ1) is 11.6. The number of fused-ring (bicyclic) bond motifs is 2. The molecule has 1 aliphatic rings. The quantitative estimate of drug-likeness (QED) is 0.561. The van der Waals surface area contributed by atoms with Gasteiger partial charge in [-0.2, -0.15) is 0 Å². The molecular weight excluding hydrogens is 346 g/mol. The summed E-state index contributed by atoms with van der Waals surface area (Å²) < 4.78 is 5.90. The van der Waals surface area contributed by atoms with Crippen LogP contribution in [0.5, 0.6) is 0 Å². The van der Waals surface area contributed by atoms with Gasteiger partial charge in [-0.15, -0.1) is 0 Å². The van der Waals surface area contributed by atoms with E-state index >= 15 is 0 Å². The molecule has 3 heterocycles. The van der Waals surface area contributed by atoms with Crippen LogP contribution in [0.4, 0.5) is 0 Å². The van der Waals surface area contributed by atoms with Crippen molar-refractivity contribution >= 4 is 34.8 Å². The molecule has 24 heavy (non-hydrogen) atoms. The molecule has 0 bridgehead atoms. The van der Waals surface area contributed by atoms with Crippen LogP contribution in [-0.4, -0.2) is 21.4 Å². The Bertz CT molecular complexity index is 1040. The summed E-state index contributed by atoms with van der Waals surface area (Å²) >= 11 is 11.5. The van der Waals surface area contributed by atoms with Crippen LogP contribution in [0.1, 0.15) is 16.8 Å². The molecule has 4 rings (SSSR count). The number of para-hydroxylation sites is 1. The molecule has 0 saturated carbocycles. The highest BCUT2D eigenvalue weighted by molar-refractivity contribution is 7.71. The van der Waals surface area contributed by atoms with E-state index in [1.165, 1.54) is 0 Å². The zero-order chi connectivity index (χ0) is 16.7. The summed E-state index contributed by atoms with van der Waals surface area (Å²) in [5.41, 5.74) is 2.83. The van der Waals surface area contributed by atoms with Crippen molar-refractivity contribution < 1.29 is 4.42 Å². The topological polar surface area (TPSA) is 62.1 Å². The molecule has 2 aromatic heterocycles. The monoisotopic (exact) mass is 359 g/mol. The molecule has 0 atom stereocenters. The predicted molar refractivity (Wildman–Crippen MR) is 94.7 cm³/mol. The largest absolute Gasteiger partial charge is 0.422 e. The Kier molecular flexibility index (Phi) is 3.96. The van der Waals surface area contributed by atoms with Crippen LogP contribution in [0, 0.1) is 4.77 Å². The number of aromatic nitrogens is 2. The maximum Gasteiger partial charge on any atom is 0.342 e. The van der Waals surface area contributed by atoms with E-state index in [0.717, 1.165) is 29.6 Å². The number of nitrogens with one attached hydrogen (secondary N) is 1. The Morgan fingerprint density at radius 3 is 3.08 bits per heavy atom. The van der Waals surface area contributed by atoms with Gasteiger partial charge < -0.3 is 9.40 Å². The van der Waals surface area contributed by atoms with Gasteiger partial charge in [-0.05, 0) is 24.4 Å². The average molecular weight is 360 g/mol. The number of hydrogen-bond acceptors (Lipinski definition) is 5. The molecule has 0 unspecified atom stereocenters. The van der Waals surface area contributed by atoms with Gasteiger partial charge in [-0.3, -0.25) is 4.90 Å². The fourth-order valence-corrected chi connectivity index (χ4v) is 3.52. The van der Waals surface area contributed by atoms with Crippen molar-refractivity contribution in [3.63, 3.8) is 0 Å². The maximum atomic E-state index is 12.3. The van der Waals surface area contributed by atoms with Crippen molar-refractivity contribution in [3.8, 4) is 0 Å². The minimum Gasteiger partial charge on any atom is -0.422 e. The molecule has 3 aromatic rings. The number of halogens is 1. The third-order valence-corrected chi connectivity index (χ3v) is 4.91. The molecule has 0 spiro atoms. The Balaban J connectivity index is 1.67. The van der Waals surface area contributed by atoms with Crippen LogP contribution < -0.4 is 5.63 Å². The number of benzene rings is 1. The molecule has 5 nitrogen and oxygen atoms in total. The standard InChI is InChI=1S/C17H14ClN3O2S/c18-15-11-3-1-2-4-14(11)23-16(22)12(15)9-21-6-5-13-10(8-21)7-19-17(24)20-13/h1-4,7H,5-6,8-9H2,(H,19,20,24). The van der Waals surface area contributed by atoms with Gasteiger partial charge in [-0.1, -0.05) is 23.7 Å². The van der Waals surface area contributed by atoms with Crippen LogP contribution >= 0.6 is 23.8 Å². The van der Waals surface area contributed by atoms with Gasteiger partial charge in [0.25, 0.3) is 0 Å². The van der Waals surface area contributed by atoms with Crippen LogP contribution in [-0.2, 0) is 19.5 Å². The molecule has 7 heteroatoms. The molecule has 0 saturated heterocycles. The Hall–Kier alpha value is -2.02. The minimum atomic E-state index is -0.380. The SMILES string of the molecule is O=c1oc2ccccc2c(Cl)c1CN1CCc2[nH]c(=S)ncc2C1. The molecule has 0 radical (unpaired) electrons. The summed E-state index contributed by atoms with van der Waals surface area (Å²) in [6, 6.07) is 7.31. The second-order valence-corrected chi connectivity index (χ2v) is 6.60. The van der Waals surface area contributed by atoms with Gasteiger partial charge in [0.1, 0.15) is 5.58 Å². The van der Waals surface area contributed by atoms with E-state index in [4.69, 9.17) is 28.2 Å². The number of aromatic amines is 1. The summed E-state index contributed by atoms with van der Waals surface area (Å²) in [5.74, 6) is 0. The Morgan fingerprint density at radius 1 is 1.38 bits per heavy atom. The first-order valence-electron chi connectivity index (χ1n) is 7.61. The van der Waals surface area contributed by atoms with E-state index in [-0.39, 0.29) is 5.63 Å². The molecule has 0 fully saturated rings. The lowest BCUT2D eigenvalue weighted by molar-refractivity contribution is 0.240. The van der Waals surface area contributed by atoms with Crippen LogP contribution in [0.2, 0.25) is 5.02 Å². The van der Waals surface area contributed by atoms with E-state index in [1.807, 2.05) is 18.2 Å². The van der Waals surface area contributed by atoms with E-state index in [2.05, 4.69) is 14.9 Å². The molecule has 0 amide bonds. The number of nitrogens with zero attached hydrogens (tertiary/aromatic N) is 2. The van der Waals surface area contributed by atoms with E-state index in [0.29, 0.717) is 34.0 Å². The fraction of sp³-hybridized carbons (Fsp3) is 0.235. The Morgan fingerprint density at radius 2 is 2.21 bits per heavy atom. The fourth-order valence-electron chi connectivity index (χ4n) is 3.05. The summed E-state index contributed by atoms with van der Waals surface area (Å²) in [7, 11) is 0. The van der Waals surface area contributed by atoms with Crippen LogP contribution in [0.25, 0.3) is 11.0 Å². The molecular formula is C17H14ClN3O2S. The molecule has 122 valence electrons. The van der Waals surface area contributed by atoms with Gasteiger partial charge in [0.15, 0.2) is 4.77 Å². The van der Waals surface area contributed by atoms with Crippen molar-refractivity contribution in [1.82, 2.24) is 14.9 Å². The van der Waals surface area contributed by atoms with Gasteiger partial charge >= 0.3 is 5.63 Å². The first kappa shape index (κ1) is 15.5. The zero-order valence-electron chi connectivity index (χ0n) is 12.7. The lowest BCUT2D eigenvalue weighted by atomic mass is 10.1. The van der Waals surface area contributed by atoms with Crippen LogP contribution in [0.3, 0.4) is 0 Å². The van der Waals surface area contributed by atoms with Gasteiger partial charge in [0.2, 0.25) is 0 Å². The van der Waals surface area contributed by atoms with Crippen molar-refractivity contribution in [3.05, 3.63) is 67.5 Å². The summed E-state index contributed by atoms with van der Waals surface area (Å²) in [6.45, 7) is 1.95. The van der Waals surface area contributed by atoms with Gasteiger partial charge in [0, 0.05) is 48.9 Å². The molecule has 0 aliphatic carbocycles. The lowest BCUT2D eigenvalue weighted by Crippen LogP contribution is -2.32. The van der Waals surface area contributed by atoms with Crippen molar-refractivity contribution in [2.45, 2.75) is 19.5 Å². The van der Waals surface area contributed by atoms with Gasteiger partial charge in [0.05, 0.1) is 10.6 Å². The van der Waals surface area contributed by atoms with E-state index in [9.17, 15) is 4.79 Å². The van der Waals surface area contributed by atoms with E-state index < -0.39 is 0 Å². The van der Waals surface area contributed by atoms with Crippen molar-refractivity contribution in [2.24, 2.45) is 0 Å². The molecule has 1 aromatic carbocycles. The zero-order valence-corrected chi connectivity index (χ0v) is 14.3. The van der Waals surface area contributed by atoms with E-state index in [1.54, 1.807) is 12.3 Å². The first-order valence-corrected chi connectivity index (χ1v) is 8.40. The highest BCUT2D eigenvalue weighted by Gasteiger charge is 2.21. The van der Waals surface area contributed by atoms with Crippen LogP contribution in [0.15, 0.2) is 39.7 Å². The Labute approximate surface area is 147 Å². The number of rotatable bonds is 2. The van der Waals surface area contributed by atoms with Crippen molar-refractivity contribution in [2.75, 3.05) is 6.54 Å². The predicted octanol–water partition coefficient (Wildman–Crippen LogP) is 3.46. The summed E-state index contributed by atoms with van der Waals surface area (Å²) in [5, 5.41) is 1.23. The lowest BCUT2D eigenvalue weighted by Gasteiger charge is -2.28. The van der Waals surface area contributed by atoms with Gasteiger partial charge in [-0.25, -0.2) is 9.78 Å². The molecule has 1 N–H and O–H groups in total. The highest BCUT2D eigenvalue weighted by atomic mass is 35.5. The number of hydrogen-bond donors (Lipinski definition) is 1. The third-order valence-electron chi connectivity index (χ3n) is 4.27. The second kappa shape index (κ2) is 6.12. The maximum absolute atomic E-state index is 12.3. The number of H-pyrrole nitrogens is 1. The molecule has 1 aliphatic heterocycles. The second-order valence-electron chi connectivity index (χ2n) is 5.83. The summed E-state index contributed by atoms with van der Waals surface area (Å²) in [4.78, 5) is 21.7. The smallest absolute Gasteiger partial charge is 0.342 e. The summed E-state index contributed by atoms with van der Waals surface area (Å²) in [6.07, 6.45) is 2.63.